The summed E-state index contributed by atoms with van der Waals surface area (Å²) in [6.45, 7) is 0.951. The van der Waals surface area contributed by atoms with E-state index in [-0.39, 0.29) is 5.91 Å². The Bertz CT molecular complexity index is 383. The van der Waals surface area contributed by atoms with Gasteiger partial charge in [-0.05, 0) is 24.6 Å². The van der Waals surface area contributed by atoms with E-state index in [1.165, 1.54) is 0 Å². The van der Waals surface area contributed by atoms with E-state index >= 15 is 0 Å². The van der Waals surface area contributed by atoms with Crippen LogP contribution < -0.4 is 15.8 Å². The van der Waals surface area contributed by atoms with Gasteiger partial charge in [0.05, 0.1) is 6.61 Å². The molecule has 0 saturated heterocycles. The molecule has 5 heteroatoms. The third kappa shape index (κ3) is 4.75. The SMILES string of the molecule is CNC(=O)CCCOc1ccc(Br)cc1CN. The fourth-order valence-corrected chi connectivity index (χ4v) is 1.80. The van der Waals surface area contributed by atoms with E-state index in [4.69, 9.17) is 10.5 Å². The predicted octanol–water partition coefficient (Wildman–Crippen LogP) is 1.81. The minimum Gasteiger partial charge on any atom is -0.493 e. The predicted molar refractivity (Wildman–Crippen MR) is 70.8 cm³/mol. The second-order valence-electron chi connectivity index (χ2n) is 3.58. The van der Waals surface area contributed by atoms with Gasteiger partial charge in [-0.1, -0.05) is 15.9 Å². The highest BCUT2D eigenvalue weighted by molar-refractivity contribution is 9.10. The average molecular weight is 301 g/mol. The van der Waals surface area contributed by atoms with Crippen molar-refractivity contribution in [2.24, 2.45) is 5.73 Å². The first-order valence-corrected chi connectivity index (χ1v) is 6.28. The molecule has 94 valence electrons. The summed E-state index contributed by atoms with van der Waals surface area (Å²) in [5, 5.41) is 2.57. The molecule has 17 heavy (non-hydrogen) atoms. The Hall–Kier alpha value is -1.07. The molecule has 0 bridgehead atoms. The Morgan fingerprint density at radius 2 is 2.29 bits per heavy atom. The number of hydrogen-bond donors (Lipinski definition) is 2. The normalized spacial score (nSPS) is 10.1. The molecular weight excluding hydrogens is 284 g/mol. The third-order valence-electron chi connectivity index (χ3n) is 2.33. The number of rotatable bonds is 6. The number of halogens is 1. The Balaban J connectivity index is 2.43. The van der Waals surface area contributed by atoms with Gasteiger partial charge in [0.25, 0.3) is 0 Å². The van der Waals surface area contributed by atoms with Crippen molar-refractivity contribution in [3.05, 3.63) is 28.2 Å². The van der Waals surface area contributed by atoms with Gasteiger partial charge in [-0.15, -0.1) is 0 Å². The Morgan fingerprint density at radius 1 is 1.53 bits per heavy atom. The van der Waals surface area contributed by atoms with Crippen LogP contribution in [-0.2, 0) is 11.3 Å². The maximum atomic E-state index is 11.0. The molecule has 0 aliphatic rings. The van der Waals surface area contributed by atoms with Crippen LogP contribution in [0.25, 0.3) is 0 Å². The van der Waals surface area contributed by atoms with Crippen LogP contribution in [0.3, 0.4) is 0 Å². The lowest BCUT2D eigenvalue weighted by Gasteiger charge is -2.10. The molecule has 0 radical (unpaired) electrons. The van der Waals surface area contributed by atoms with Gasteiger partial charge in [-0.2, -0.15) is 0 Å². The van der Waals surface area contributed by atoms with Crippen LogP contribution in [0, 0.1) is 0 Å². The van der Waals surface area contributed by atoms with Crippen LogP contribution in [0.15, 0.2) is 22.7 Å². The quantitative estimate of drug-likeness (QED) is 0.788. The van der Waals surface area contributed by atoms with Gasteiger partial charge in [0.15, 0.2) is 0 Å². The Morgan fingerprint density at radius 3 is 2.94 bits per heavy atom. The third-order valence-corrected chi connectivity index (χ3v) is 2.82. The van der Waals surface area contributed by atoms with Crippen LogP contribution in [0.1, 0.15) is 18.4 Å². The molecule has 4 nitrogen and oxygen atoms in total. The molecule has 0 atom stereocenters. The molecule has 0 saturated carbocycles. The minimum absolute atomic E-state index is 0.0310. The summed E-state index contributed by atoms with van der Waals surface area (Å²) in [6.07, 6.45) is 1.17. The number of carbonyl (C=O) groups is 1. The maximum Gasteiger partial charge on any atom is 0.219 e. The zero-order chi connectivity index (χ0) is 12.7. The highest BCUT2D eigenvalue weighted by atomic mass is 79.9. The van der Waals surface area contributed by atoms with E-state index in [9.17, 15) is 4.79 Å². The lowest BCUT2D eigenvalue weighted by Crippen LogP contribution is -2.18. The second-order valence-corrected chi connectivity index (χ2v) is 4.50. The van der Waals surface area contributed by atoms with Crippen LogP contribution in [-0.4, -0.2) is 19.6 Å². The fraction of sp³-hybridized carbons (Fsp3) is 0.417. The summed E-state index contributed by atoms with van der Waals surface area (Å²) in [7, 11) is 1.63. The molecule has 1 aromatic carbocycles. The van der Waals surface area contributed by atoms with Gasteiger partial charge in [0.1, 0.15) is 5.75 Å². The number of benzene rings is 1. The summed E-state index contributed by atoms with van der Waals surface area (Å²) in [5.41, 5.74) is 6.59. The number of amides is 1. The van der Waals surface area contributed by atoms with Gasteiger partial charge in [-0.3, -0.25) is 4.79 Å². The summed E-state index contributed by atoms with van der Waals surface area (Å²) in [4.78, 5) is 11.0. The molecule has 0 spiro atoms. The molecule has 0 aromatic heterocycles. The molecule has 0 unspecified atom stereocenters. The molecule has 1 amide bonds. The van der Waals surface area contributed by atoms with Gasteiger partial charge < -0.3 is 15.8 Å². The van der Waals surface area contributed by atoms with Crippen LogP contribution in [0.5, 0.6) is 5.75 Å². The standard InChI is InChI=1S/C12H17BrN2O2/c1-15-12(16)3-2-6-17-11-5-4-10(13)7-9(11)8-14/h4-5,7H,2-3,6,8,14H2,1H3,(H,15,16). The van der Waals surface area contributed by atoms with E-state index in [1.807, 2.05) is 18.2 Å². The average Bonchev–Trinajstić information content (AvgIpc) is 2.35. The lowest BCUT2D eigenvalue weighted by molar-refractivity contribution is -0.120. The van der Waals surface area contributed by atoms with Gasteiger partial charge in [0, 0.05) is 30.0 Å². The highest BCUT2D eigenvalue weighted by Gasteiger charge is 2.03. The largest absolute Gasteiger partial charge is 0.493 e. The van der Waals surface area contributed by atoms with Gasteiger partial charge in [0.2, 0.25) is 5.91 Å². The van der Waals surface area contributed by atoms with Crippen molar-refractivity contribution in [3.8, 4) is 5.75 Å². The van der Waals surface area contributed by atoms with Crippen molar-refractivity contribution in [3.63, 3.8) is 0 Å². The molecule has 3 N–H and O–H groups in total. The smallest absolute Gasteiger partial charge is 0.219 e. The number of carbonyl (C=O) groups excluding carboxylic acids is 1. The summed E-state index contributed by atoms with van der Waals surface area (Å²) in [6, 6.07) is 5.73. The molecular formula is C12H17BrN2O2. The van der Waals surface area contributed by atoms with Crippen molar-refractivity contribution >= 4 is 21.8 Å². The zero-order valence-corrected chi connectivity index (χ0v) is 11.4. The molecule has 1 rings (SSSR count). The second kappa shape index (κ2) is 7.29. The monoisotopic (exact) mass is 300 g/mol. The Kier molecular flexibility index (Phi) is 6.00. The van der Waals surface area contributed by atoms with Gasteiger partial charge >= 0.3 is 0 Å². The van der Waals surface area contributed by atoms with E-state index in [0.29, 0.717) is 26.0 Å². The van der Waals surface area contributed by atoms with Crippen molar-refractivity contribution in [2.45, 2.75) is 19.4 Å². The first-order chi connectivity index (χ1) is 8.17. The highest BCUT2D eigenvalue weighted by Crippen LogP contribution is 2.22. The first-order valence-electron chi connectivity index (χ1n) is 5.49. The van der Waals surface area contributed by atoms with Crippen molar-refractivity contribution in [2.75, 3.05) is 13.7 Å². The first kappa shape index (κ1) is 14.0. The van der Waals surface area contributed by atoms with Crippen molar-refractivity contribution in [1.29, 1.82) is 0 Å². The molecule has 0 aliphatic carbocycles. The number of hydrogen-bond acceptors (Lipinski definition) is 3. The van der Waals surface area contributed by atoms with E-state index < -0.39 is 0 Å². The van der Waals surface area contributed by atoms with E-state index in [1.54, 1.807) is 7.05 Å². The van der Waals surface area contributed by atoms with Gasteiger partial charge in [-0.25, -0.2) is 0 Å². The number of nitrogens with one attached hydrogen (secondary N) is 1. The molecule has 0 fully saturated rings. The van der Waals surface area contributed by atoms with E-state index in [2.05, 4.69) is 21.2 Å². The van der Waals surface area contributed by atoms with Crippen LogP contribution >= 0.6 is 15.9 Å². The molecule has 0 heterocycles. The van der Waals surface area contributed by atoms with Crippen LogP contribution in [0.4, 0.5) is 0 Å². The van der Waals surface area contributed by atoms with Crippen molar-refractivity contribution < 1.29 is 9.53 Å². The topological polar surface area (TPSA) is 64.3 Å². The maximum absolute atomic E-state index is 11.0. The minimum atomic E-state index is 0.0310. The van der Waals surface area contributed by atoms with E-state index in [0.717, 1.165) is 15.8 Å². The fourth-order valence-electron chi connectivity index (χ4n) is 1.39. The molecule has 0 aliphatic heterocycles. The number of nitrogens with two attached hydrogens (primary N) is 1. The summed E-state index contributed by atoms with van der Waals surface area (Å²) < 4.78 is 6.58. The Labute approximate surface area is 110 Å². The zero-order valence-electron chi connectivity index (χ0n) is 9.83. The lowest BCUT2D eigenvalue weighted by atomic mass is 10.2. The number of ether oxygens (including phenoxy) is 1. The summed E-state index contributed by atoms with van der Waals surface area (Å²) in [5.74, 6) is 0.816. The molecule has 1 aromatic rings. The summed E-state index contributed by atoms with van der Waals surface area (Å²) >= 11 is 3.38. The van der Waals surface area contributed by atoms with Crippen LogP contribution in [0.2, 0.25) is 0 Å². The van der Waals surface area contributed by atoms with Crippen molar-refractivity contribution in [1.82, 2.24) is 5.32 Å².